The molecule has 2 aromatic heterocycles. The quantitative estimate of drug-likeness (QED) is 0.799. The molecule has 5 heteroatoms. The molecular weight excluding hydrogens is 232 g/mol. The number of nitrogens with zero attached hydrogens (tertiary/aromatic N) is 2. The Balaban J connectivity index is 2.59. The summed E-state index contributed by atoms with van der Waals surface area (Å²) in [5, 5.41) is 4.28. The number of nitrogens with two attached hydrogens (primary N) is 1. The number of hydrogen-bond acceptors (Lipinski definition) is 2. The molecule has 0 aliphatic rings. The van der Waals surface area contributed by atoms with Crippen molar-refractivity contribution in [2.75, 3.05) is 5.73 Å². The second kappa shape index (κ2) is 2.92. The van der Waals surface area contributed by atoms with Gasteiger partial charge in [0.1, 0.15) is 11.5 Å². The number of aromatic nitrogens is 3. The minimum Gasteiger partial charge on any atom is -0.383 e. The highest BCUT2D eigenvalue weighted by atomic mass is 79.9. The van der Waals surface area contributed by atoms with E-state index >= 15 is 0 Å². The maximum Gasteiger partial charge on any atom is 0.136 e. The highest BCUT2D eigenvalue weighted by Gasteiger charge is 2.12. The molecule has 2 heterocycles. The van der Waals surface area contributed by atoms with Crippen molar-refractivity contribution in [2.45, 2.75) is 0 Å². The molecule has 2 rings (SSSR count). The lowest BCUT2D eigenvalue weighted by Crippen LogP contribution is -1.96. The SMILES string of the molecule is Cn1nc(-c2cc[nH]c2)c(Br)c1N. The van der Waals surface area contributed by atoms with E-state index in [0.717, 1.165) is 15.7 Å². The van der Waals surface area contributed by atoms with E-state index < -0.39 is 0 Å². The molecular formula is C8H9BrN4. The van der Waals surface area contributed by atoms with Gasteiger partial charge in [-0.1, -0.05) is 0 Å². The number of halogens is 1. The molecule has 3 N–H and O–H groups in total. The van der Waals surface area contributed by atoms with Crippen molar-refractivity contribution >= 4 is 21.7 Å². The Hall–Kier alpha value is -1.23. The van der Waals surface area contributed by atoms with Gasteiger partial charge in [-0.2, -0.15) is 5.10 Å². The van der Waals surface area contributed by atoms with Crippen LogP contribution in [0.5, 0.6) is 0 Å². The number of anilines is 1. The number of H-pyrrole nitrogens is 1. The second-order valence-corrected chi connectivity index (χ2v) is 3.56. The fourth-order valence-corrected chi connectivity index (χ4v) is 1.73. The Bertz CT molecular complexity index is 416. The van der Waals surface area contributed by atoms with Gasteiger partial charge in [-0.25, -0.2) is 0 Å². The average Bonchev–Trinajstić information content (AvgIpc) is 2.70. The fraction of sp³-hybridized carbons (Fsp3) is 0.125. The first-order valence-electron chi connectivity index (χ1n) is 3.81. The average molecular weight is 241 g/mol. The maximum atomic E-state index is 5.75. The molecule has 0 aromatic carbocycles. The predicted molar refractivity (Wildman–Crippen MR) is 55.1 cm³/mol. The van der Waals surface area contributed by atoms with Crippen LogP contribution in [0.2, 0.25) is 0 Å². The minimum atomic E-state index is 0.635. The Morgan fingerprint density at radius 1 is 1.62 bits per heavy atom. The Labute approximate surface area is 83.9 Å². The van der Waals surface area contributed by atoms with Gasteiger partial charge in [0.2, 0.25) is 0 Å². The Morgan fingerprint density at radius 2 is 2.38 bits per heavy atom. The molecule has 2 aromatic rings. The molecule has 13 heavy (non-hydrogen) atoms. The first kappa shape index (κ1) is 8.37. The summed E-state index contributed by atoms with van der Waals surface area (Å²) in [6.07, 6.45) is 3.74. The standard InChI is InChI=1S/C8H9BrN4/c1-13-8(10)6(9)7(12-13)5-2-3-11-4-5/h2-4,11H,10H2,1H3. The van der Waals surface area contributed by atoms with Gasteiger partial charge in [0.15, 0.2) is 0 Å². The lowest BCUT2D eigenvalue weighted by Gasteiger charge is -1.90. The smallest absolute Gasteiger partial charge is 0.136 e. The van der Waals surface area contributed by atoms with E-state index in [1.165, 1.54) is 0 Å². The largest absolute Gasteiger partial charge is 0.383 e. The van der Waals surface area contributed by atoms with E-state index in [1.807, 2.05) is 25.5 Å². The predicted octanol–water partition coefficient (Wildman–Crippen LogP) is 1.76. The summed E-state index contributed by atoms with van der Waals surface area (Å²) >= 11 is 3.40. The van der Waals surface area contributed by atoms with Gasteiger partial charge in [-0.3, -0.25) is 4.68 Å². The number of aryl methyl sites for hydroxylation is 1. The number of hydrogen-bond donors (Lipinski definition) is 2. The van der Waals surface area contributed by atoms with E-state index in [4.69, 9.17) is 5.73 Å². The molecule has 0 bridgehead atoms. The Kier molecular flexibility index (Phi) is 1.88. The molecule has 0 aliphatic carbocycles. The summed E-state index contributed by atoms with van der Waals surface area (Å²) in [7, 11) is 1.82. The molecule has 0 amide bonds. The van der Waals surface area contributed by atoms with Crippen LogP contribution in [0.25, 0.3) is 11.3 Å². The van der Waals surface area contributed by atoms with Crippen LogP contribution in [0.15, 0.2) is 22.9 Å². The Morgan fingerprint density at radius 3 is 2.85 bits per heavy atom. The van der Waals surface area contributed by atoms with E-state index in [1.54, 1.807) is 4.68 Å². The third-order valence-corrected chi connectivity index (χ3v) is 2.68. The van der Waals surface area contributed by atoms with Gasteiger partial charge in [0.05, 0.1) is 4.47 Å². The number of nitrogens with one attached hydrogen (secondary N) is 1. The zero-order valence-corrected chi connectivity index (χ0v) is 8.67. The summed E-state index contributed by atoms with van der Waals surface area (Å²) in [4.78, 5) is 2.97. The monoisotopic (exact) mass is 240 g/mol. The molecule has 0 saturated heterocycles. The van der Waals surface area contributed by atoms with E-state index in [2.05, 4.69) is 26.0 Å². The first-order chi connectivity index (χ1) is 6.20. The van der Waals surface area contributed by atoms with Gasteiger partial charge in [-0.15, -0.1) is 0 Å². The van der Waals surface area contributed by atoms with Crippen LogP contribution in [0.3, 0.4) is 0 Å². The number of aromatic amines is 1. The summed E-state index contributed by atoms with van der Waals surface area (Å²) in [5.74, 6) is 0.635. The molecule has 4 nitrogen and oxygen atoms in total. The maximum absolute atomic E-state index is 5.75. The topological polar surface area (TPSA) is 59.6 Å². The van der Waals surface area contributed by atoms with Gasteiger partial charge < -0.3 is 10.7 Å². The van der Waals surface area contributed by atoms with E-state index in [9.17, 15) is 0 Å². The lowest BCUT2D eigenvalue weighted by atomic mass is 10.2. The molecule has 0 fully saturated rings. The van der Waals surface area contributed by atoms with Crippen molar-refractivity contribution in [2.24, 2.45) is 7.05 Å². The van der Waals surface area contributed by atoms with Crippen molar-refractivity contribution in [3.8, 4) is 11.3 Å². The molecule has 68 valence electrons. The molecule has 0 unspecified atom stereocenters. The van der Waals surface area contributed by atoms with E-state index in [0.29, 0.717) is 5.82 Å². The van der Waals surface area contributed by atoms with Crippen molar-refractivity contribution in [1.29, 1.82) is 0 Å². The highest BCUT2D eigenvalue weighted by molar-refractivity contribution is 9.10. The van der Waals surface area contributed by atoms with Crippen LogP contribution in [-0.2, 0) is 7.05 Å². The van der Waals surface area contributed by atoms with Crippen LogP contribution >= 0.6 is 15.9 Å². The number of nitrogen functional groups attached to an aromatic ring is 1. The van der Waals surface area contributed by atoms with Crippen molar-refractivity contribution < 1.29 is 0 Å². The van der Waals surface area contributed by atoms with Crippen LogP contribution in [0, 0.1) is 0 Å². The summed E-state index contributed by atoms with van der Waals surface area (Å²) in [5.41, 5.74) is 7.64. The lowest BCUT2D eigenvalue weighted by molar-refractivity contribution is 0.782. The zero-order valence-electron chi connectivity index (χ0n) is 7.08. The molecule has 0 aliphatic heterocycles. The van der Waals surface area contributed by atoms with Crippen molar-refractivity contribution in [1.82, 2.24) is 14.8 Å². The van der Waals surface area contributed by atoms with Gasteiger partial charge in [0.25, 0.3) is 0 Å². The van der Waals surface area contributed by atoms with Gasteiger partial charge >= 0.3 is 0 Å². The van der Waals surface area contributed by atoms with Crippen molar-refractivity contribution in [3.63, 3.8) is 0 Å². The van der Waals surface area contributed by atoms with Gasteiger partial charge in [0, 0.05) is 25.0 Å². The van der Waals surface area contributed by atoms with Crippen LogP contribution in [0.1, 0.15) is 0 Å². The minimum absolute atomic E-state index is 0.635. The van der Waals surface area contributed by atoms with Crippen LogP contribution < -0.4 is 5.73 Å². The molecule has 0 spiro atoms. The van der Waals surface area contributed by atoms with Crippen LogP contribution in [-0.4, -0.2) is 14.8 Å². The molecule has 0 radical (unpaired) electrons. The first-order valence-corrected chi connectivity index (χ1v) is 4.60. The summed E-state index contributed by atoms with van der Waals surface area (Å²) < 4.78 is 2.49. The van der Waals surface area contributed by atoms with Crippen molar-refractivity contribution in [3.05, 3.63) is 22.9 Å². The highest BCUT2D eigenvalue weighted by Crippen LogP contribution is 2.30. The molecule has 0 atom stereocenters. The summed E-state index contributed by atoms with van der Waals surface area (Å²) in [6, 6.07) is 1.95. The van der Waals surface area contributed by atoms with E-state index in [-0.39, 0.29) is 0 Å². The number of rotatable bonds is 1. The third-order valence-electron chi connectivity index (χ3n) is 1.90. The normalized spacial score (nSPS) is 10.6. The zero-order chi connectivity index (χ0) is 9.42. The van der Waals surface area contributed by atoms with Crippen LogP contribution in [0.4, 0.5) is 5.82 Å². The fourth-order valence-electron chi connectivity index (χ4n) is 1.17. The second-order valence-electron chi connectivity index (χ2n) is 2.77. The third kappa shape index (κ3) is 1.25. The summed E-state index contributed by atoms with van der Waals surface area (Å²) in [6.45, 7) is 0. The molecule has 0 saturated carbocycles. The van der Waals surface area contributed by atoms with Gasteiger partial charge in [-0.05, 0) is 22.0 Å².